The summed E-state index contributed by atoms with van der Waals surface area (Å²) in [5.41, 5.74) is 1.25. The predicted molar refractivity (Wildman–Crippen MR) is 84.5 cm³/mol. The molecular weight excluding hydrogens is 298 g/mol. The van der Waals surface area contributed by atoms with Crippen LogP contribution in [0, 0.1) is 6.92 Å². The van der Waals surface area contributed by atoms with E-state index in [2.05, 4.69) is 27.2 Å². The Morgan fingerprint density at radius 2 is 2.18 bits per heavy atom. The quantitative estimate of drug-likeness (QED) is 0.871. The van der Waals surface area contributed by atoms with Crippen LogP contribution < -0.4 is 9.47 Å². The van der Waals surface area contributed by atoms with Crippen molar-refractivity contribution >= 4 is 11.3 Å². The lowest BCUT2D eigenvalue weighted by atomic mass is 10.0. The van der Waals surface area contributed by atoms with Crippen molar-refractivity contribution in [2.75, 3.05) is 19.8 Å². The fourth-order valence-electron chi connectivity index (χ4n) is 3.30. The number of hydrogen-bond acceptors (Lipinski definition) is 6. The number of aromatic nitrogens is 2. The maximum atomic E-state index is 5.89. The minimum atomic E-state index is 0.376. The van der Waals surface area contributed by atoms with Crippen LogP contribution in [0.15, 0.2) is 18.2 Å². The third-order valence-electron chi connectivity index (χ3n) is 4.23. The van der Waals surface area contributed by atoms with E-state index in [9.17, 15) is 0 Å². The molecule has 1 aromatic carbocycles. The molecule has 2 aromatic rings. The van der Waals surface area contributed by atoms with E-state index in [1.807, 2.05) is 13.0 Å². The second-order valence-corrected chi connectivity index (χ2v) is 6.98. The molecule has 1 unspecified atom stereocenters. The van der Waals surface area contributed by atoms with E-state index in [1.165, 1.54) is 12.0 Å². The molecule has 22 heavy (non-hydrogen) atoms. The predicted octanol–water partition coefficient (Wildman–Crippen LogP) is 2.95. The van der Waals surface area contributed by atoms with Crippen molar-refractivity contribution in [2.24, 2.45) is 0 Å². The number of aryl methyl sites for hydroxylation is 1. The smallest absolute Gasteiger partial charge is 0.166 e. The fourth-order valence-corrected chi connectivity index (χ4v) is 4.04. The van der Waals surface area contributed by atoms with Gasteiger partial charge in [0.15, 0.2) is 11.5 Å². The van der Waals surface area contributed by atoms with Gasteiger partial charge in [-0.2, -0.15) is 0 Å². The van der Waals surface area contributed by atoms with Crippen LogP contribution in [0.4, 0.5) is 0 Å². The van der Waals surface area contributed by atoms with Crippen LogP contribution in [-0.4, -0.2) is 34.9 Å². The zero-order valence-electron chi connectivity index (χ0n) is 12.6. The van der Waals surface area contributed by atoms with Crippen LogP contribution >= 0.6 is 11.3 Å². The van der Waals surface area contributed by atoms with Gasteiger partial charge in [0.2, 0.25) is 0 Å². The van der Waals surface area contributed by atoms with Crippen molar-refractivity contribution in [3.05, 3.63) is 33.8 Å². The third-order valence-corrected chi connectivity index (χ3v) is 5.05. The molecule has 0 amide bonds. The maximum Gasteiger partial charge on any atom is 0.166 e. The van der Waals surface area contributed by atoms with Crippen LogP contribution in [0.5, 0.6) is 11.5 Å². The van der Waals surface area contributed by atoms with Crippen molar-refractivity contribution in [2.45, 2.75) is 32.4 Å². The number of nitrogens with zero attached hydrogens (tertiary/aromatic N) is 3. The van der Waals surface area contributed by atoms with Gasteiger partial charge in [0.1, 0.15) is 23.2 Å². The monoisotopic (exact) mass is 317 g/mol. The zero-order chi connectivity index (χ0) is 14.9. The number of fused-ring (bicyclic) bond motifs is 1. The maximum absolute atomic E-state index is 5.89. The van der Waals surface area contributed by atoms with Gasteiger partial charge in [-0.1, -0.05) is 12.1 Å². The fraction of sp³-hybridized carbons (Fsp3) is 0.500. The van der Waals surface area contributed by atoms with Crippen molar-refractivity contribution < 1.29 is 9.47 Å². The summed E-state index contributed by atoms with van der Waals surface area (Å²) in [4.78, 5) is 2.48. The Hall–Kier alpha value is -1.66. The first-order valence-electron chi connectivity index (χ1n) is 7.73. The Balaban J connectivity index is 1.61. The summed E-state index contributed by atoms with van der Waals surface area (Å²) in [7, 11) is 0. The van der Waals surface area contributed by atoms with Crippen molar-refractivity contribution in [3.63, 3.8) is 0 Å². The van der Waals surface area contributed by atoms with Gasteiger partial charge in [0.05, 0.1) is 6.54 Å². The van der Waals surface area contributed by atoms with Crippen LogP contribution in [0.2, 0.25) is 0 Å². The normalized spacial score (nSPS) is 21.2. The zero-order valence-corrected chi connectivity index (χ0v) is 13.4. The molecule has 1 aromatic heterocycles. The molecule has 0 aliphatic carbocycles. The van der Waals surface area contributed by atoms with E-state index in [0.29, 0.717) is 19.3 Å². The van der Waals surface area contributed by atoms with Crippen molar-refractivity contribution in [1.82, 2.24) is 15.1 Å². The first kappa shape index (κ1) is 14.0. The van der Waals surface area contributed by atoms with Gasteiger partial charge in [0, 0.05) is 11.6 Å². The lowest BCUT2D eigenvalue weighted by Crippen LogP contribution is -2.24. The lowest BCUT2D eigenvalue weighted by Gasteiger charge is -2.28. The summed E-state index contributed by atoms with van der Waals surface area (Å²) in [6.45, 7) is 5.22. The van der Waals surface area contributed by atoms with Crippen LogP contribution in [0.25, 0.3) is 0 Å². The number of para-hydroxylation sites is 1. The summed E-state index contributed by atoms with van der Waals surface area (Å²) >= 11 is 1.68. The number of hydrogen-bond donors (Lipinski definition) is 0. The lowest BCUT2D eigenvalue weighted by molar-refractivity contribution is 0.163. The highest BCUT2D eigenvalue weighted by Crippen LogP contribution is 2.43. The first-order valence-corrected chi connectivity index (χ1v) is 8.54. The Morgan fingerprint density at radius 1 is 1.27 bits per heavy atom. The van der Waals surface area contributed by atoms with Gasteiger partial charge < -0.3 is 9.47 Å². The van der Waals surface area contributed by atoms with E-state index < -0.39 is 0 Å². The van der Waals surface area contributed by atoms with E-state index in [1.54, 1.807) is 11.3 Å². The average Bonchev–Trinajstić information content (AvgIpc) is 3.16. The van der Waals surface area contributed by atoms with Crippen molar-refractivity contribution in [3.8, 4) is 11.5 Å². The van der Waals surface area contributed by atoms with Crippen LogP contribution in [0.1, 0.15) is 34.5 Å². The molecule has 5 nitrogen and oxygen atoms in total. The summed E-state index contributed by atoms with van der Waals surface area (Å²) in [5.74, 6) is 1.81. The minimum Gasteiger partial charge on any atom is -0.486 e. The molecule has 0 radical (unpaired) electrons. The highest BCUT2D eigenvalue weighted by atomic mass is 32.1. The standard InChI is InChI=1S/C16H19N3O2S/c1-11-17-18-15(22-11)10-19-7-3-5-13(19)12-4-2-6-14-16(12)21-9-8-20-14/h2,4,6,13H,3,5,7-10H2,1H3. The Kier molecular flexibility index (Phi) is 3.72. The molecule has 0 saturated carbocycles. The summed E-state index contributed by atoms with van der Waals surface area (Å²) in [6, 6.07) is 6.60. The number of benzene rings is 1. The third kappa shape index (κ3) is 2.57. The van der Waals surface area contributed by atoms with E-state index in [4.69, 9.17) is 9.47 Å². The molecular formula is C16H19N3O2S. The molecule has 3 heterocycles. The highest BCUT2D eigenvalue weighted by molar-refractivity contribution is 7.11. The van der Waals surface area contributed by atoms with Gasteiger partial charge in [-0.05, 0) is 32.4 Å². The van der Waals surface area contributed by atoms with Crippen molar-refractivity contribution in [1.29, 1.82) is 0 Å². The van der Waals surface area contributed by atoms with Gasteiger partial charge in [0.25, 0.3) is 0 Å². The molecule has 0 spiro atoms. The highest BCUT2D eigenvalue weighted by Gasteiger charge is 2.31. The molecule has 1 fully saturated rings. The van der Waals surface area contributed by atoms with Gasteiger partial charge in [-0.25, -0.2) is 0 Å². The SMILES string of the molecule is Cc1nnc(CN2CCCC2c2cccc3c2OCCO3)s1. The Bertz CT molecular complexity index is 673. The minimum absolute atomic E-state index is 0.376. The van der Waals surface area contributed by atoms with E-state index in [0.717, 1.165) is 41.0 Å². The summed E-state index contributed by atoms with van der Waals surface area (Å²) in [6.07, 6.45) is 2.35. The first-order chi connectivity index (χ1) is 10.8. The molecule has 4 rings (SSSR count). The molecule has 2 aliphatic rings. The summed E-state index contributed by atoms with van der Waals surface area (Å²) < 4.78 is 11.6. The average molecular weight is 317 g/mol. The van der Waals surface area contributed by atoms with Gasteiger partial charge >= 0.3 is 0 Å². The number of rotatable bonds is 3. The summed E-state index contributed by atoms with van der Waals surface area (Å²) in [5, 5.41) is 10.5. The van der Waals surface area contributed by atoms with E-state index in [-0.39, 0.29) is 0 Å². The molecule has 116 valence electrons. The topological polar surface area (TPSA) is 47.5 Å². The molecule has 0 N–H and O–H groups in total. The Labute approximate surface area is 133 Å². The van der Waals surface area contributed by atoms with Gasteiger partial charge in [-0.3, -0.25) is 4.90 Å². The van der Waals surface area contributed by atoms with Crippen LogP contribution in [0.3, 0.4) is 0 Å². The Morgan fingerprint density at radius 3 is 3.05 bits per heavy atom. The number of likely N-dealkylation sites (tertiary alicyclic amines) is 1. The second-order valence-electron chi connectivity index (χ2n) is 5.71. The molecule has 1 atom stereocenters. The van der Waals surface area contributed by atoms with Gasteiger partial charge in [-0.15, -0.1) is 21.5 Å². The molecule has 0 bridgehead atoms. The molecule has 2 aliphatic heterocycles. The van der Waals surface area contributed by atoms with Crippen LogP contribution in [-0.2, 0) is 6.54 Å². The largest absolute Gasteiger partial charge is 0.486 e. The molecule has 1 saturated heterocycles. The van der Waals surface area contributed by atoms with E-state index >= 15 is 0 Å². The molecule has 6 heteroatoms. The number of ether oxygens (including phenoxy) is 2. The second kappa shape index (κ2) is 5.85.